The van der Waals surface area contributed by atoms with Crippen LogP contribution in [0.1, 0.15) is 23.4 Å². The largest absolute Gasteiger partial charge is 0.416 e. The molecule has 4 nitrogen and oxygen atoms in total. The summed E-state index contributed by atoms with van der Waals surface area (Å²) in [6.45, 7) is 1.32. The zero-order valence-electron chi connectivity index (χ0n) is 10.7. The number of hydrogen-bond donors (Lipinski definition) is 2. The molecule has 1 heterocycles. The van der Waals surface area contributed by atoms with Gasteiger partial charge in [-0.2, -0.15) is 18.3 Å². The van der Waals surface area contributed by atoms with Gasteiger partial charge in [0.2, 0.25) is 0 Å². The molecule has 20 heavy (non-hydrogen) atoms. The second-order valence-corrected chi connectivity index (χ2v) is 4.41. The Kier molecular flexibility index (Phi) is 4.73. The van der Waals surface area contributed by atoms with E-state index in [0.717, 1.165) is 42.9 Å². The molecule has 0 aliphatic carbocycles. The maximum Gasteiger partial charge on any atom is 0.416 e. The number of H-pyrrole nitrogens is 1. The van der Waals surface area contributed by atoms with E-state index in [9.17, 15) is 13.2 Å². The fourth-order valence-corrected chi connectivity index (χ4v) is 1.78. The fourth-order valence-electron chi connectivity index (χ4n) is 1.78. The van der Waals surface area contributed by atoms with E-state index >= 15 is 0 Å². The first kappa shape index (κ1) is 14.5. The molecule has 0 radical (unpaired) electrons. The molecule has 7 heteroatoms. The smallest absolute Gasteiger partial charge is 0.313 e. The van der Waals surface area contributed by atoms with Crippen LogP contribution in [0.15, 0.2) is 30.6 Å². The Morgan fingerprint density at radius 2 is 1.90 bits per heavy atom. The lowest BCUT2D eigenvalue weighted by molar-refractivity contribution is -0.137. The molecule has 0 saturated heterocycles. The van der Waals surface area contributed by atoms with E-state index in [2.05, 4.69) is 20.5 Å². The van der Waals surface area contributed by atoms with Gasteiger partial charge in [0.1, 0.15) is 12.2 Å². The van der Waals surface area contributed by atoms with E-state index in [1.54, 1.807) is 0 Å². The van der Waals surface area contributed by atoms with Gasteiger partial charge >= 0.3 is 6.18 Å². The van der Waals surface area contributed by atoms with Gasteiger partial charge in [0.25, 0.3) is 0 Å². The van der Waals surface area contributed by atoms with Gasteiger partial charge in [-0.15, -0.1) is 0 Å². The zero-order chi connectivity index (χ0) is 14.4. The van der Waals surface area contributed by atoms with Crippen molar-refractivity contribution in [2.24, 2.45) is 0 Å². The average molecular weight is 284 g/mol. The Balaban J connectivity index is 1.69. The van der Waals surface area contributed by atoms with Gasteiger partial charge in [0, 0.05) is 13.0 Å². The number of hydrogen-bond acceptors (Lipinski definition) is 3. The summed E-state index contributed by atoms with van der Waals surface area (Å²) in [6, 6.07) is 5.19. The standard InChI is InChI=1S/C13H15F3N4/c14-13(15,16)11-5-3-10(4-6-11)8-17-7-1-2-12-18-9-19-20-12/h3-6,9,17H,1-2,7-8H2,(H,18,19,20). The molecule has 2 rings (SSSR count). The molecule has 0 atom stereocenters. The van der Waals surface area contributed by atoms with Gasteiger partial charge in [-0.25, -0.2) is 4.98 Å². The molecular formula is C13H15F3N4. The van der Waals surface area contributed by atoms with E-state index < -0.39 is 11.7 Å². The molecule has 0 aliphatic rings. The van der Waals surface area contributed by atoms with E-state index in [0.29, 0.717) is 6.54 Å². The van der Waals surface area contributed by atoms with Crippen LogP contribution in [0.3, 0.4) is 0 Å². The number of aromatic amines is 1. The van der Waals surface area contributed by atoms with E-state index in [4.69, 9.17) is 0 Å². The monoisotopic (exact) mass is 284 g/mol. The summed E-state index contributed by atoms with van der Waals surface area (Å²) in [4.78, 5) is 4.00. The molecule has 0 bridgehead atoms. The van der Waals surface area contributed by atoms with Crippen molar-refractivity contribution in [1.29, 1.82) is 0 Å². The topological polar surface area (TPSA) is 53.6 Å². The molecule has 0 aliphatic heterocycles. The number of alkyl halides is 3. The molecule has 2 N–H and O–H groups in total. The Morgan fingerprint density at radius 1 is 1.15 bits per heavy atom. The first-order chi connectivity index (χ1) is 9.55. The molecule has 1 aromatic carbocycles. The van der Waals surface area contributed by atoms with Crippen LogP contribution in [0.25, 0.3) is 0 Å². The molecule has 108 valence electrons. The van der Waals surface area contributed by atoms with Crippen LogP contribution in [0.5, 0.6) is 0 Å². The van der Waals surface area contributed by atoms with Crippen LogP contribution in [-0.4, -0.2) is 21.7 Å². The maximum absolute atomic E-state index is 12.4. The Morgan fingerprint density at radius 3 is 2.50 bits per heavy atom. The van der Waals surface area contributed by atoms with Crippen molar-refractivity contribution >= 4 is 0 Å². The Hall–Kier alpha value is -1.89. The SMILES string of the molecule is FC(F)(F)c1ccc(CNCCCc2ncn[nH]2)cc1. The second kappa shape index (κ2) is 6.51. The molecule has 0 spiro atoms. The maximum atomic E-state index is 12.4. The summed E-state index contributed by atoms with van der Waals surface area (Å²) < 4.78 is 37.1. The van der Waals surface area contributed by atoms with Crippen LogP contribution < -0.4 is 5.32 Å². The summed E-state index contributed by atoms with van der Waals surface area (Å²) in [7, 11) is 0. The third kappa shape index (κ3) is 4.34. The highest BCUT2D eigenvalue weighted by atomic mass is 19.4. The van der Waals surface area contributed by atoms with Crippen molar-refractivity contribution in [2.75, 3.05) is 6.54 Å². The van der Waals surface area contributed by atoms with Gasteiger partial charge in [-0.3, -0.25) is 5.10 Å². The van der Waals surface area contributed by atoms with Gasteiger partial charge in [-0.1, -0.05) is 12.1 Å². The number of aromatic nitrogens is 3. The predicted octanol–water partition coefficient (Wildman–Crippen LogP) is 2.55. The van der Waals surface area contributed by atoms with Crippen LogP contribution in [0.2, 0.25) is 0 Å². The van der Waals surface area contributed by atoms with Crippen LogP contribution in [0.4, 0.5) is 13.2 Å². The molecule has 1 aromatic heterocycles. The quantitative estimate of drug-likeness (QED) is 0.802. The van der Waals surface area contributed by atoms with Crippen molar-refractivity contribution in [3.63, 3.8) is 0 Å². The highest BCUT2D eigenvalue weighted by Gasteiger charge is 2.29. The van der Waals surface area contributed by atoms with Crippen molar-refractivity contribution in [2.45, 2.75) is 25.6 Å². The lowest BCUT2D eigenvalue weighted by atomic mass is 10.1. The number of nitrogens with zero attached hydrogens (tertiary/aromatic N) is 2. The summed E-state index contributed by atoms with van der Waals surface area (Å²) in [5.41, 5.74) is 0.212. The predicted molar refractivity (Wildman–Crippen MR) is 67.9 cm³/mol. The van der Waals surface area contributed by atoms with E-state index in [1.807, 2.05) is 0 Å². The van der Waals surface area contributed by atoms with E-state index in [-0.39, 0.29) is 0 Å². The van der Waals surface area contributed by atoms with Crippen molar-refractivity contribution < 1.29 is 13.2 Å². The molecule has 0 fully saturated rings. The summed E-state index contributed by atoms with van der Waals surface area (Å²) in [6.07, 6.45) is -1.14. The van der Waals surface area contributed by atoms with Crippen LogP contribution in [0, 0.1) is 0 Å². The first-order valence-electron chi connectivity index (χ1n) is 6.27. The zero-order valence-corrected chi connectivity index (χ0v) is 10.7. The van der Waals surface area contributed by atoms with E-state index in [1.165, 1.54) is 18.5 Å². The second-order valence-electron chi connectivity index (χ2n) is 4.41. The highest BCUT2D eigenvalue weighted by molar-refractivity contribution is 5.24. The number of aryl methyl sites for hydroxylation is 1. The van der Waals surface area contributed by atoms with Crippen LogP contribution >= 0.6 is 0 Å². The molecule has 0 unspecified atom stereocenters. The minimum absolute atomic E-state index is 0.550. The van der Waals surface area contributed by atoms with Gasteiger partial charge < -0.3 is 5.32 Å². The minimum atomic E-state index is -4.27. The third-order valence-corrected chi connectivity index (χ3v) is 2.84. The summed E-state index contributed by atoms with van der Waals surface area (Å²) >= 11 is 0. The number of halogens is 3. The first-order valence-corrected chi connectivity index (χ1v) is 6.27. The Labute approximate surface area is 114 Å². The average Bonchev–Trinajstić information content (AvgIpc) is 2.91. The van der Waals surface area contributed by atoms with Crippen molar-refractivity contribution in [1.82, 2.24) is 20.5 Å². The minimum Gasteiger partial charge on any atom is -0.313 e. The number of rotatable bonds is 6. The summed E-state index contributed by atoms with van der Waals surface area (Å²) in [5.74, 6) is 0.835. The highest BCUT2D eigenvalue weighted by Crippen LogP contribution is 2.28. The van der Waals surface area contributed by atoms with Gasteiger partial charge in [0.05, 0.1) is 5.56 Å². The fraction of sp³-hybridized carbons (Fsp3) is 0.385. The normalized spacial score (nSPS) is 11.8. The lowest BCUT2D eigenvalue weighted by Gasteiger charge is -2.08. The Bertz CT molecular complexity index is 505. The molecule has 2 aromatic rings. The molecular weight excluding hydrogens is 269 g/mol. The van der Waals surface area contributed by atoms with Gasteiger partial charge in [0.15, 0.2) is 0 Å². The molecule has 0 saturated carbocycles. The summed E-state index contributed by atoms with van der Waals surface area (Å²) in [5, 5.41) is 9.70. The molecule has 0 amide bonds. The number of benzene rings is 1. The van der Waals surface area contributed by atoms with Gasteiger partial charge in [-0.05, 0) is 30.7 Å². The lowest BCUT2D eigenvalue weighted by Crippen LogP contribution is -2.15. The number of nitrogens with one attached hydrogen (secondary N) is 2. The third-order valence-electron chi connectivity index (χ3n) is 2.84. The van der Waals surface area contributed by atoms with Crippen molar-refractivity contribution in [3.8, 4) is 0 Å². The van der Waals surface area contributed by atoms with Crippen LogP contribution in [-0.2, 0) is 19.1 Å². The van der Waals surface area contributed by atoms with Crippen molar-refractivity contribution in [3.05, 3.63) is 47.5 Å².